The Morgan fingerprint density at radius 3 is 2.42 bits per heavy atom. The van der Waals surface area contributed by atoms with Crippen LogP contribution in [0.15, 0.2) is 30.3 Å². The van der Waals surface area contributed by atoms with Gasteiger partial charge < -0.3 is 11.1 Å². The predicted octanol–water partition coefficient (Wildman–Crippen LogP) is 3.78. The summed E-state index contributed by atoms with van der Waals surface area (Å²) in [7, 11) is 0. The number of piperidine rings is 1. The van der Waals surface area contributed by atoms with Crippen LogP contribution in [0.5, 0.6) is 0 Å². The number of benzene rings is 1. The largest absolute Gasteiger partial charge is 0.371 e. The highest BCUT2D eigenvalue weighted by Crippen LogP contribution is 2.43. The summed E-state index contributed by atoms with van der Waals surface area (Å²) in [6, 6.07) is 10.8. The van der Waals surface area contributed by atoms with E-state index in [9.17, 15) is 4.79 Å². The minimum Gasteiger partial charge on any atom is -0.371 e. The number of carbonyl (C=O) groups is 1. The van der Waals surface area contributed by atoms with Gasteiger partial charge in [0, 0.05) is 24.8 Å². The molecule has 1 heterocycles. The van der Waals surface area contributed by atoms with Gasteiger partial charge in [0.15, 0.2) is 0 Å². The first-order valence-electron chi connectivity index (χ1n) is 10.6. The molecule has 0 radical (unpaired) electrons. The van der Waals surface area contributed by atoms with E-state index in [0.29, 0.717) is 0 Å². The van der Waals surface area contributed by atoms with Gasteiger partial charge in [-0.1, -0.05) is 50.3 Å². The van der Waals surface area contributed by atoms with E-state index in [1.165, 1.54) is 44.9 Å². The zero-order chi connectivity index (χ0) is 18.0. The Bertz CT molecular complexity index is 607. The lowest BCUT2D eigenvalue weighted by molar-refractivity contribution is -0.124. The van der Waals surface area contributed by atoms with Crippen LogP contribution in [0.2, 0.25) is 0 Å². The molecule has 2 aliphatic carbocycles. The number of amides is 1. The maximum absolute atomic E-state index is 12.3. The number of carbonyl (C=O) groups excluding carboxylic acids is 1. The summed E-state index contributed by atoms with van der Waals surface area (Å²) < 4.78 is 0. The van der Waals surface area contributed by atoms with E-state index in [4.69, 9.17) is 5.73 Å². The SMILES string of the molecule is NC(=O)C1(Nc2ccccc2)CCN([C@@H]2CCC[C@H]3CCCC[C@H]32)CC1. The Kier molecular flexibility index (Phi) is 5.21. The average Bonchev–Trinajstić information content (AvgIpc) is 2.69. The molecule has 1 amide bonds. The summed E-state index contributed by atoms with van der Waals surface area (Å²) in [4.78, 5) is 15.0. The standard InChI is InChI=1S/C22H33N3O/c23-21(26)22(24-18-9-2-1-3-10-18)13-15-25(16-14-22)20-12-6-8-17-7-4-5-11-19(17)20/h1-3,9-10,17,19-20,24H,4-8,11-16H2,(H2,23,26)/t17-,19-,20-/m1/s1. The van der Waals surface area contributed by atoms with Crippen LogP contribution < -0.4 is 11.1 Å². The van der Waals surface area contributed by atoms with Gasteiger partial charge in [0.1, 0.15) is 5.54 Å². The molecule has 4 nitrogen and oxygen atoms in total. The molecule has 3 atom stereocenters. The molecule has 2 saturated carbocycles. The van der Waals surface area contributed by atoms with Gasteiger partial charge in [-0.25, -0.2) is 0 Å². The number of nitrogens with two attached hydrogens (primary N) is 1. The van der Waals surface area contributed by atoms with Crippen molar-refractivity contribution in [2.24, 2.45) is 17.6 Å². The minimum absolute atomic E-state index is 0.208. The van der Waals surface area contributed by atoms with Crippen molar-refractivity contribution in [3.05, 3.63) is 30.3 Å². The lowest BCUT2D eigenvalue weighted by atomic mass is 9.67. The highest BCUT2D eigenvalue weighted by molar-refractivity contribution is 5.88. The number of fused-ring (bicyclic) bond motifs is 1. The van der Waals surface area contributed by atoms with Crippen molar-refractivity contribution >= 4 is 11.6 Å². The third-order valence-electron chi connectivity index (χ3n) is 7.29. The molecule has 0 bridgehead atoms. The summed E-state index contributed by atoms with van der Waals surface area (Å²) >= 11 is 0. The van der Waals surface area contributed by atoms with Gasteiger partial charge >= 0.3 is 0 Å². The fraction of sp³-hybridized carbons (Fsp3) is 0.682. The van der Waals surface area contributed by atoms with Crippen LogP contribution in [-0.2, 0) is 4.79 Å². The Morgan fingerprint density at radius 1 is 1.00 bits per heavy atom. The van der Waals surface area contributed by atoms with Crippen LogP contribution in [0.3, 0.4) is 0 Å². The number of likely N-dealkylation sites (tertiary alicyclic amines) is 1. The Morgan fingerprint density at radius 2 is 1.69 bits per heavy atom. The summed E-state index contributed by atoms with van der Waals surface area (Å²) in [5.74, 6) is 1.63. The van der Waals surface area contributed by atoms with Crippen molar-refractivity contribution in [3.63, 3.8) is 0 Å². The second-order valence-corrected chi connectivity index (χ2v) is 8.68. The molecule has 1 aliphatic heterocycles. The van der Waals surface area contributed by atoms with Crippen LogP contribution in [0, 0.1) is 11.8 Å². The maximum atomic E-state index is 12.3. The first kappa shape index (κ1) is 17.8. The third kappa shape index (κ3) is 3.48. The molecule has 3 aliphatic rings. The monoisotopic (exact) mass is 355 g/mol. The molecule has 26 heavy (non-hydrogen) atoms. The van der Waals surface area contributed by atoms with E-state index in [-0.39, 0.29) is 5.91 Å². The summed E-state index contributed by atoms with van der Waals surface area (Å²) in [6.07, 6.45) is 11.5. The highest BCUT2D eigenvalue weighted by atomic mass is 16.1. The van der Waals surface area contributed by atoms with Crippen LogP contribution in [-0.4, -0.2) is 35.5 Å². The predicted molar refractivity (Wildman–Crippen MR) is 106 cm³/mol. The Hall–Kier alpha value is -1.55. The van der Waals surface area contributed by atoms with Crippen LogP contribution in [0.1, 0.15) is 57.8 Å². The third-order valence-corrected chi connectivity index (χ3v) is 7.29. The Labute approximate surface area is 157 Å². The number of hydrogen-bond acceptors (Lipinski definition) is 3. The van der Waals surface area contributed by atoms with Crippen molar-refractivity contribution in [1.82, 2.24) is 4.90 Å². The lowest BCUT2D eigenvalue weighted by Gasteiger charge is -2.50. The van der Waals surface area contributed by atoms with Crippen LogP contribution in [0.25, 0.3) is 0 Å². The molecule has 3 fully saturated rings. The van der Waals surface area contributed by atoms with Crippen molar-refractivity contribution in [3.8, 4) is 0 Å². The number of primary amides is 1. The molecule has 1 saturated heterocycles. The first-order chi connectivity index (χ1) is 12.7. The fourth-order valence-corrected chi connectivity index (χ4v) is 5.83. The molecular weight excluding hydrogens is 322 g/mol. The van der Waals surface area contributed by atoms with Crippen LogP contribution >= 0.6 is 0 Å². The van der Waals surface area contributed by atoms with E-state index in [1.807, 2.05) is 30.3 Å². The van der Waals surface area contributed by atoms with E-state index in [1.54, 1.807) is 0 Å². The van der Waals surface area contributed by atoms with Gasteiger partial charge in [0.05, 0.1) is 0 Å². The van der Waals surface area contributed by atoms with Crippen molar-refractivity contribution in [2.45, 2.75) is 69.4 Å². The topological polar surface area (TPSA) is 58.4 Å². The molecule has 0 aromatic heterocycles. The van der Waals surface area contributed by atoms with E-state index < -0.39 is 5.54 Å². The molecular formula is C22H33N3O. The van der Waals surface area contributed by atoms with Crippen molar-refractivity contribution < 1.29 is 4.79 Å². The van der Waals surface area contributed by atoms with E-state index in [0.717, 1.165) is 49.5 Å². The molecule has 0 unspecified atom stereocenters. The molecule has 1 aromatic rings. The maximum Gasteiger partial charge on any atom is 0.243 e. The number of anilines is 1. The van der Waals surface area contributed by atoms with Crippen molar-refractivity contribution in [1.29, 1.82) is 0 Å². The lowest BCUT2D eigenvalue weighted by Crippen LogP contribution is -2.60. The number of para-hydroxylation sites is 1. The van der Waals surface area contributed by atoms with Gasteiger partial charge in [0.2, 0.25) is 5.91 Å². The molecule has 4 rings (SSSR count). The highest BCUT2D eigenvalue weighted by Gasteiger charge is 2.44. The van der Waals surface area contributed by atoms with E-state index in [2.05, 4.69) is 10.2 Å². The number of nitrogens with zero attached hydrogens (tertiary/aromatic N) is 1. The Balaban J connectivity index is 1.44. The first-order valence-corrected chi connectivity index (χ1v) is 10.6. The fourth-order valence-electron chi connectivity index (χ4n) is 5.83. The molecule has 142 valence electrons. The average molecular weight is 356 g/mol. The molecule has 0 spiro atoms. The zero-order valence-electron chi connectivity index (χ0n) is 15.8. The normalized spacial score (nSPS) is 31.8. The van der Waals surface area contributed by atoms with Gasteiger partial charge in [0.25, 0.3) is 0 Å². The number of rotatable bonds is 4. The second-order valence-electron chi connectivity index (χ2n) is 8.68. The summed E-state index contributed by atoms with van der Waals surface area (Å²) in [5, 5.41) is 3.47. The second kappa shape index (κ2) is 7.59. The molecule has 4 heteroatoms. The van der Waals surface area contributed by atoms with Gasteiger partial charge in [-0.3, -0.25) is 9.69 Å². The zero-order valence-corrected chi connectivity index (χ0v) is 15.8. The quantitative estimate of drug-likeness (QED) is 0.864. The summed E-state index contributed by atoms with van der Waals surface area (Å²) in [5.41, 5.74) is 6.25. The minimum atomic E-state index is -0.599. The van der Waals surface area contributed by atoms with Gasteiger partial charge in [-0.2, -0.15) is 0 Å². The smallest absolute Gasteiger partial charge is 0.243 e. The van der Waals surface area contributed by atoms with Crippen LogP contribution in [0.4, 0.5) is 5.69 Å². The molecule has 1 aromatic carbocycles. The number of hydrogen-bond donors (Lipinski definition) is 2. The van der Waals surface area contributed by atoms with Gasteiger partial charge in [-0.15, -0.1) is 0 Å². The van der Waals surface area contributed by atoms with E-state index >= 15 is 0 Å². The number of nitrogens with one attached hydrogen (secondary N) is 1. The van der Waals surface area contributed by atoms with Gasteiger partial charge in [-0.05, 0) is 49.7 Å². The van der Waals surface area contributed by atoms with Crippen molar-refractivity contribution in [2.75, 3.05) is 18.4 Å². The molecule has 3 N–H and O–H groups in total. The summed E-state index contributed by atoms with van der Waals surface area (Å²) in [6.45, 7) is 1.97.